The van der Waals surface area contributed by atoms with E-state index >= 15 is 0 Å². The molecule has 1 aliphatic carbocycles. The zero-order valence-electron chi connectivity index (χ0n) is 15.0. The Bertz CT molecular complexity index is 812. The molecule has 138 valence electrons. The first-order valence-corrected chi connectivity index (χ1v) is 10.3. The highest BCUT2D eigenvalue weighted by Crippen LogP contribution is 2.41. The Balaban J connectivity index is 1.21. The van der Waals surface area contributed by atoms with Gasteiger partial charge in [0, 0.05) is 57.3 Å². The predicted molar refractivity (Wildman–Crippen MR) is 101 cm³/mol. The fourth-order valence-corrected chi connectivity index (χ4v) is 4.85. The van der Waals surface area contributed by atoms with E-state index in [1.54, 1.807) is 4.90 Å². The lowest BCUT2D eigenvalue weighted by molar-refractivity contribution is 0.229. The van der Waals surface area contributed by atoms with Gasteiger partial charge in [0.05, 0.1) is 28.6 Å². The van der Waals surface area contributed by atoms with Crippen molar-refractivity contribution in [3.63, 3.8) is 0 Å². The standard InChI is InChI=1S/C18H24N6OS/c1-21-6-7-23(18(21)25)16-8-19-24(11-16)15-4-5-22(10-15)9-14-12-26-17(20-14)13-2-3-13/h8,11-13,15H,2-7,9-10H2,1H3. The third-order valence-electron chi connectivity index (χ3n) is 5.62. The quantitative estimate of drug-likeness (QED) is 0.809. The molecular weight excluding hydrogens is 348 g/mol. The Morgan fingerprint density at radius 3 is 2.88 bits per heavy atom. The van der Waals surface area contributed by atoms with Gasteiger partial charge in [-0.1, -0.05) is 0 Å². The van der Waals surface area contributed by atoms with E-state index in [1.165, 1.54) is 23.5 Å². The van der Waals surface area contributed by atoms with Gasteiger partial charge in [0.2, 0.25) is 0 Å². The van der Waals surface area contributed by atoms with Gasteiger partial charge < -0.3 is 4.90 Å². The number of likely N-dealkylation sites (tertiary alicyclic amines) is 1. The molecule has 3 fully saturated rings. The van der Waals surface area contributed by atoms with Gasteiger partial charge in [-0.05, 0) is 19.3 Å². The molecule has 2 aromatic heterocycles. The number of nitrogens with zero attached hydrogens (tertiary/aromatic N) is 6. The van der Waals surface area contributed by atoms with Crippen LogP contribution in [-0.2, 0) is 6.54 Å². The molecule has 3 aliphatic rings. The van der Waals surface area contributed by atoms with Crippen LogP contribution in [0.3, 0.4) is 0 Å². The van der Waals surface area contributed by atoms with E-state index in [-0.39, 0.29) is 6.03 Å². The number of aromatic nitrogens is 3. The minimum atomic E-state index is 0.0626. The molecule has 0 radical (unpaired) electrons. The highest BCUT2D eigenvalue weighted by Gasteiger charge is 2.30. The lowest BCUT2D eigenvalue weighted by Gasteiger charge is -2.15. The monoisotopic (exact) mass is 372 g/mol. The number of anilines is 1. The van der Waals surface area contributed by atoms with Crippen LogP contribution < -0.4 is 4.90 Å². The summed E-state index contributed by atoms with van der Waals surface area (Å²) in [7, 11) is 1.84. The van der Waals surface area contributed by atoms with Crippen LogP contribution in [0, 0.1) is 0 Å². The number of likely N-dealkylation sites (N-methyl/N-ethyl adjacent to an activating group) is 1. The van der Waals surface area contributed by atoms with E-state index < -0.39 is 0 Å². The Hall–Kier alpha value is -1.93. The molecule has 2 aliphatic heterocycles. The summed E-state index contributed by atoms with van der Waals surface area (Å²) in [6.07, 6.45) is 7.57. The van der Waals surface area contributed by atoms with Gasteiger partial charge in [-0.15, -0.1) is 11.3 Å². The summed E-state index contributed by atoms with van der Waals surface area (Å²) in [4.78, 5) is 23.0. The number of rotatable bonds is 5. The second-order valence-corrected chi connectivity index (χ2v) is 8.55. The molecule has 1 atom stereocenters. The predicted octanol–water partition coefficient (Wildman–Crippen LogP) is 2.54. The Kier molecular flexibility index (Phi) is 3.97. The molecule has 0 bridgehead atoms. The number of amides is 2. The first-order chi connectivity index (χ1) is 12.7. The molecule has 0 spiro atoms. The van der Waals surface area contributed by atoms with Crippen molar-refractivity contribution in [3.05, 3.63) is 28.5 Å². The molecule has 2 aromatic rings. The molecule has 2 saturated heterocycles. The molecule has 4 heterocycles. The summed E-state index contributed by atoms with van der Waals surface area (Å²) >= 11 is 1.82. The van der Waals surface area contributed by atoms with Gasteiger partial charge in [-0.25, -0.2) is 9.78 Å². The Labute approximate surface area is 157 Å². The van der Waals surface area contributed by atoms with E-state index in [2.05, 4.69) is 15.4 Å². The van der Waals surface area contributed by atoms with E-state index in [0.717, 1.165) is 50.7 Å². The van der Waals surface area contributed by atoms with Crippen LogP contribution in [0.1, 0.15) is 41.9 Å². The van der Waals surface area contributed by atoms with Crippen molar-refractivity contribution in [2.45, 2.75) is 37.8 Å². The minimum absolute atomic E-state index is 0.0626. The van der Waals surface area contributed by atoms with Crippen LogP contribution in [0.4, 0.5) is 10.5 Å². The topological polar surface area (TPSA) is 57.5 Å². The van der Waals surface area contributed by atoms with Crippen LogP contribution in [0.25, 0.3) is 0 Å². The molecule has 0 N–H and O–H groups in total. The number of thiazole rings is 1. The summed E-state index contributed by atoms with van der Waals surface area (Å²) in [5.41, 5.74) is 2.12. The van der Waals surface area contributed by atoms with Crippen LogP contribution >= 0.6 is 11.3 Å². The summed E-state index contributed by atoms with van der Waals surface area (Å²) in [5, 5.41) is 8.09. The molecule has 2 amide bonds. The highest BCUT2D eigenvalue weighted by atomic mass is 32.1. The second-order valence-electron chi connectivity index (χ2n) is 7.66. The van der Waals surface area contributed by atoms with Crippen molar-refractivity contribution in [1.29, 1.82) is 0 Å². The number of urea groups is 1. The number of hydrogen-bond donors (Lipinski definition) is 0. The fraction of sp³-hybridized carbons (Fsp3) is 0.611. The molecule has 26 heavy (non-hydrogen) atoms. The first kappa shape index (κ1) is 16.3. The summed E-state index contributed by atoms with van der Waals surface area (Å²) in [5.74, 6) is 0.745. The molecule has 7 nitrogen and oxygen atoms in total. The molecule has 1 saturated carbocycles. The number of carbonyl (C=O) groups is 1. The van der Waals surface area contributed by atoms with Crippen molar-refractivity contribution in [1.82, 2.24) is 24.6 Å². The van der Waals surface area contributed by atoms with Crippen molar-refractivity contribution in [2.75, 3.05) is 38.1 Å². The molecule has 1 unspecified atom stereocenters. The van der Waals surface area contributed by atoms with Gasteiger partial charge >= 0.3 is 6.03 Å². The second kappa shape index (κ2) is 6.35. The van der Waals surface area contributed by atoms with Crippen molar-refractivity contribution >= 4 is 23.1 Å². The van der Waals surface area contributed by atoms with Crippen molar-refractivity contribution < 1.29 is 4.79 Å². The van der Waals surface area contributed by atoms with Crippen molar-refractivity contribution in [2.24, 2.45) is 0 Å². The first-order valence-electron chi connectivity index (χ1n) is 9.41. The molecule has 8 heteroatoms. The van der Waals surface area contributed by atoms with Gasteiger partial charge in [-0.2, -0.15) is 5.10 Å². The number of carbonyl (C=O) groups excluding carboxylic acids is 1. The average Bonchev–Trinajstić information content (AvgIpc) is 3.03. The van der Waals surface area contributed by atoms with Crippen LogP contribution in [0.15, 0.2) is 17.8 Å². The SMILES string of the molecule is CN1CCN(c2cnn(C3CCN(Cc4csc(C5CC5)n4)C3)c2)C1=O. The van der Waals surface area contributed by atoms with E-state index in [4.69, 9.17) is 4.98 Å². The minimum Gasteiger partial charge on any atom is -0.326 e. The van der Waals surface area contributed by atoms with Gasteiger partial charge in [0.15, 0.2) is 0 Å². The Morgan fingerprint density at radius 2 is 2.12 bits per heavy atom. The van der Waals surface area contributed by atoms with Gasteiger partial charge in [0.25, 0.3) is 0 Å². The molecular formula is C18H24N6OS. The third kappa shape index (κ3) is 3.01. The van der Waals surface area contributed by atoms with Gasteiger partial charge in [-0.3, -0.25) is 14.5 Å². The normalized spacial score (nSPS) is 24.2. The van der Waals surface area contributed by atoms with E-state index in [0.29, 0.717) is 6.04 Å². The molecule has 5 rings (SSSR count). The zero-order valence-corrected chi connectivity index (χ0v) is 15.9. The lowest BCUT2D eigenvalue weighted by Crippen LogP contribution is -2.28. The van der Waals surface area contributed by atoms with Gasteiger partial charge in [0.1, 0.15) is 0 Å². The summed E-state index contributed by atoms with van der Waals surface area (Å²) in [6, 6.07) is 0.438. The van der Waals surface area contributed by atoms with Crippen LogP contribution in [0.2, 0.25) is 0 Å². The smallest absolute Gasteiger partial charge is 0.324 e. The largest absolute Gasteiger partial charge is 0.326 e. The van der Waals surface area contributed by atoms with Crippen LogP contribution in [0.5, 0.6) is 0 Å². The van der Waals surface area contributed by atoms with E-state index in [1.807, 2.05) is 40.4 Å². The van der Waals surface area contributed by atoms with E-state index in [9.17, 15) is 4.79 Å². The fourth-order valence-electron chi connectivity index (χ4n) is 3.87. The Morgan fingerprint density at radius 1 is 1.23 bits per heavy atom. The maximum atomic E-state index is 12.1. The maximum absolute atomic E-state index is 12.1. The average molecular weight is 372 g/mol. The molecule has 0 aromatic carbocycles. The highest BCUT2D eigenvalue weighted by molar-refractivity contribution is 7.09. The zero-order chi connectivity index (χ0) is 17.7. The van der Waals surface area contributed by atoms with Crippen LogP contribution in [-0.4, -0.2) is 63.8 Å². The third-order valence-corrected chi connectivity index (χ3v) is 6.68. The maximum Gasteiger partial charge on any atom is 0.324 e. The van der Waals surface area contributed by atoms with Crippen molar-refractivity contribution in [3.8, 4) is 0 Å². The summed E-state index contributed by atoms with van der Waals surface area (Å²) < 4.78 is 2.04. The number of hydrogen-bond acceptors (Lipinski definition) is 5. The summed E-state index contributed by atoms with van der Waals surface area (Å²) in [6.45, 7) is 4.51. The lowest BCUT2D eigenvalue weighted by atomic mass is 10.3.